The number of esters is 1. The number of carboxylic acid groups (broad SMARTS) is 1. The van der Waals surface area contributed by atoms with E-state index in [2.05, 4.69) is 5.32 Å². The highest BCUT2D eigenvalue weighted by Crippen LogP contribution is 2.18. The van der Waals surface area contributed by atoms with Gasteiger partial charge in [-0.15, -0.1) is 0 Å². The number of aliphatic carboxylic acids is 1. The first kappa shape index (κ1) is 28.1. The molecule has 2 atom stereocenters. The second-order valence-corrected chi connectivity index (χ2v) is 8.89. The Balaban J connectivity index is 1.91. The topological polar surface area (TPSA) is 183 Å². The highest BCUT2D eigenvalue weighted by Gasteiger charge is 2.45. The highest BCUT2D eigenvalue weighted by atomic mass is 35.5. The minimum atomic E-state index is -1.71. The Labute approximate surface area is 222 Å². The number of amidine groups is 1. The van der Waals surface area contributed by atoms with Crippen molar-refractivity contribution >= 4 is 47.1 Å². The number of piperazine rings is 1. The number of ether oxygens (including phenoxy) is 1. The van der Waals surface area contributed by atoms with Crippen LogP contribution < -0.4 is 11.1 Å². The quantitative estimate of drug-likeness (QED) is 0.150. The maximum atomic E-state index is 13.7. The first-order chi connectivity index (χ1) is 18.0. The third kappa shape index (κ3) is 6.65. The van der Waals surface area contributed by atoms with Crippen molar-refractivity contribution in [3.63, 3.8) is 0 Å². The molecule has 1 aliphatic heterocycles. The molecule has 3 rings (SSSR count). The van der Waals surface area contributed by atoms with Gasteiger partial charge in [-0.25, -0.2) is 4.79 Å². The number of nitrogen functional groups attached to an aromatic ring is 1. The summed E-state index contributed by atoms with van der Waals surface area (Å²) in [5.74, 6) is -4.71. The lowest BCUT2D eigenvalue weighted by Gasteiger charge is -2.40. The average molecular weight is 544 g/mol. The van der Waals surface area contributed by atoms with E-state index >= 15 is 0 Å². The third-order valence-corrected chi connectivity index (χ3v) is 6.17. The molecule has 1 fully saturated rings. The smallest absolute Gasteiger partial charge is 0.338 e. The summed E-state index contributed by atoms with van der Waals surface area (Å²) >= 11 is 5.96. The largest absolute Gasteiger partial charge is 0.480 e. The van der Waals surface area contributed by atoms with Crippen LogP contribution in [-0.4, -0.2) is 89.2 Å². The van der Waals surface area contributed by atoms with Crippen molar-refractivity contribution in [1.29, 1.82) is 5.41 Å². The zero-order valence-electron chi connectivity index (χ0n) is 20.3. The molecule has 0 aromatic heterocycles. The lowest BCUT2D eigenvalue weighted by atomic mass is 10.0. The predicted octanol–water partition coefficient (Wildman–Crippen LogP) is 0.262. The molecule has 5 N–H and O–H groups in total. The van der Waals surface area contributed by atoms with Crippen LogP contribution in [0.3, 0.4) is 0 Å². The SMILES string of the molecule is COC(=O)[C@@H]1C(=O)N(CC(=O)O)CCN1C(=O)C(Cc1ccc(Cl)cc1)NC(=O)c1ccc(C(=N)N)cc1. The molecule has 2 aromatic rings. The van der Waals surface area contributed by atoms with Gasteiger partial charge in [0.25, 0.3) is 11.8 Å². The monoisotopic (exact) mass is 543 g/mol. The molecule has 0 aliphatic carbocycles. The van der Waals surface area contributed by atoms with Gasteiger partial charge in [-0.2, -0.15) is 0 Å². The molecule has 1 saturated heterocycles. The van der Waals surface area contributed by atoms with Crippen LogP contribution in [0.15, 0.2) is 48.5 Å². The number of rotatable bonds is 9. The summed E-state index contributed by atoms with van der Waals surface area (Å²) < 4.78 is 4.73. The number of nitrogens with one attached hydrogen (secondary N) is 2. The van der Waals surface area contributed by atoms with E-state index in [0.717, 1.165) is 16.9 Å². The van der Waals surface area contributed by atoms with Crippen LogP contribution >= 0.6 is 11.6 Å². The third-order valence-electron chi connectivity index (χ3n) is 5.92. The maximum absolute atomic E-state index is 13.7. The standard InChI is InChI=1S/C25H26ClN5O7/c1-38-25(37)20-24(36)30(13-19(32)33)10-11-31(20)23(35)18(12-14-2-8-17(26)9-3-14)29-22(34)16-6-4-15(5-7-16)21(27)28/h2-9,18,20H,10-13H2,1H3,(H3,27,28)(H,29,34)(H,32,33)/t18?,20-/m0/s1. The van der Waals surface area contributed by atoms with E-state index < -0.39 is 48.3 Å². The lowest BCUT2D eigenvalue weighted by molar-refractivity contribution is -0.167. The van der Waals surface area contributed by atoms with Gasteiger partial charge in [-0.05, 0) is 29.8 Å². The van der Waals surface area contributed by atoms with Crippen molar-refractivity contribution in [2.75, 3.05) is 26.7 Å². The summed E-state index contributed by atoms with van der Waals surface area (Å²) in [6.45, 7) is -0.925. The summed E-state index contributed by atoms with van der Waals surface area (Å²) in [5, 5.41) is 19.7. The molecule has 2 aromatic carbocycles. The molecule has 0 saturated carbocycles. The Morgan fingerprint density at radius 2 is 1.71 bits per heavy atom. The number of carbonyl (C=O) groups is 5. The van der Waals surface area contributed by atoms with E-state index in [9.17, 15) is 24.0 Å². The molecule has 1 heterocycles. The fourth-order valence-corrected chi connectivity index (χ4v) is 4.10. The Morgan fingerprint density at radius 3 is 2.26 bits per heavy atom. The molecular formula is C25H26ClN5O7. The second-order valence-electron chi connectivity index (χ2n) is 8.46. The van der Waals surface area contributed by atoms with Crippen molar-refractivity contribution in [2.45, 2.75) is 18.5 Å². The number of nitrogens with zero attached hydrogens (tertiary/aromatic N) is 2. The number of hydrogen-bond donors (Lipinski definition) is 4. The molecule has 1 unspecified atom stereocenters. The molecule has 12 nitrogen and oxygen atoms in total. The van der Waals surface area contributed by atoms with Crippen LogP contribution in [0.2, 0.25) is 5.02 Å². The molecule has 200 valence electrons. The molecule has 0 bridgehead atoms. The van der Waals surface area contributed by atoms with Gasteiger partial charge in [0.2, 0.25) is 11.9 Å². The molecule has 1 aliphatic rings. The Bertz CT molecular complexity index is 1250. The van der Waals surface area contributed by atoms with Gasteiger partial charge < -0.3 is 30.7 Å². The van der Waals surface area contributed by atoms with Crippen molar-refractivity contribution in [1.82, 2.24) is 15.1 Å². The fraction of sp³-hybridized carbons (Fsp3) is 0.280. The lowest BCUT2D eigenvalue weighted by Crippen LogP contribution is -2.65. The van der Waals surface area contributed by atoms with Crippen LogP contribution in [0, 0.1) is 5.41 Å². The van der Waals surface area contributed by atoms with Crippen LogP contribution in [0.25, 0.3) is 0 Å². The predicted molar refractivity (Wildman–Crippen MR) is 136 cm³/mol. The van der Waals surface area contributed by atoms with E-state index in [1.54, 1.807) is 24.3 Å². The van der Waals surface area contributed by atoms with Crippen molar-refractivity contribution in [3.05, 3.63) is 70.2 Å². The van der Waals surface area contributed by atoms with Gasteiger partial charge in [0.05, 0.1) is 7.11 Å². The number of hydrogen-bond acceptors (Lipinski definition) is 7. The fourth-order valence-electron chi connectivity index (χ4n) is 3.97. The Kier molecular flexibility index (Phi) is 9.02. The molecule has 38 heavy (non-hydrogen) atoms. The van der Waals surface area contributed by atoms with E-state index in [0.29, 0.717) is 16.1 Å². The van der Waals surface area contributed by atoms with Crippen molar-refractivity contribution in [2.24, 2.45) is 5.73 Å². The molecule has 0 spiro atoms. The van der Waals surface area contributed by atoms with E-state index in [4.69, 9.17) is 32.6 Å². The highest BCUT2D eigenvalue weighted by molar-refractivity contribution is 6.30. The summed E-state index contributed by atoms with van der Waals surface area (Å²) in [6, 6.07) is 9.53. The molecular weight excluding hydrogens is 518 g/mol. The number of benzene rings is 2. The summed E-state index contributed by atoms with van der Waals surface area (Å²) in [6.07, 6.45) is 0.00466. The number of carbonyl (C=O) groups excluding carboxylic acids is 4. The molecule has 13 heteroatoms. The molecule has 3 amide bonds. The number of methoxy groups -OCH3 is 1. The zero-order chi connectivity index (χ0) is 28.0. The summed E-state index contributed by atoms with van der Waals surface area (Å²) in [4.78, 5) is 65.4. The minimum absolute atomic E-state index is 0.00466. The zero-order valence-corrected chi connectivity index (χ0v) is 21.1. The second kappa shape index (κ2) is 12.2. The number of halogens is 1. The van der Waals surface area contributed by atoms with Crippen LogP contribution in [0.1, 0.15) is 21.5 Å². The van der Waals surface area contributed by atoms with E-state index in [1.807, 2.05) is 0 Å². The van der Waals surface area contributed by atoms with Crippen LogP contribution in [0.5, 0.6) is 0 Å². The number of amides is 3. The van der Waals surface area contributed by atoms with Crippen molar-refractivity contribution in [3.8, 4) is 0 Å². The minimum Gasteiger partial charge on any atom is -0.480 e. The first-order valence-electron chi connectivity index (χ1n) is 11.4. The van der Waals surface area contributed by atoms with Gasteiger partial charge in [0.1, 0.15) is 18.4 Å². The summed E-state index contributed by atoms with van der Waals surface area (Å²) in [5.41, 5.74) is 6.70. The summed E-state index contributed by atoms with van der Waals surface area (Å²) in [7, 11) is 1.05. The molecule has 0 radical (unpaired) electrons. The Hall–Kier alpha value is -4.45. The number of carboxylic acids is 1. The van der Waals surface area contributed by atoms with Crippen LogP contribution in [-0.2, 0) is 30.3 Å². The van der Waals surface area contributed by atoms with Gasteiger partial charge in [-0.3, -0.25) is 24.6 Å². The maximum Gasteiger partial charge on any atom is 0.338 e. The van der Waals surface area contributed by atoms with Crippen LogP contribution in [0.4, 0.5) is 0 Å². The average Bonchev–Trinajstić information content (AvgIpc) is 2.89. The van der Waals surface area contributed by atoms with Gasteiger partial charge in [0, 0.05) is 35.7 Å². The van der Waals surface area contributed by atoms with Gasteiger partial charge >= 0.3 is 11.9 Å². The Morgan fingerprint density at radius 1 is 1.11 bits per heavy atom. The first-order valence-corrected chi connectivity index (χ1v) is 11.8. The van der Waals surface area contributed by atoms with E-state index in [1.165, 1.54) is 24.3 Å². The van der Waals surface area contributed by atoms with Crippen molar-refractivity contribution < 1.29 is 33.8 Å². The van der Waals surface area contributed by atoms with Gasteiger partial charge in [0.15, 0.2) is 0 Å². The van der Waals surface area contributed by atoms with E-state index in [-0.39, 0.29) is 30.9 Å². The van der Waals surface area contributed by atoms with Gasteiger partial charge in [-0.1, -0.05) is 35.9 Å². The number of nitrogens with two attached hydrogens (primary N) is 1. The normalized spacial score (nSPS) is 15.9.